The van der Waals surface area contributed by atoms with Gasteiger partial charge in [-0.05, 0) is 30.7 Å². The van der Waals surface area contributed by atoms with Gasteiger partial charge in [-0.3, -0.25) is 0 Å². The van der Waals surface area contributed by atoms with Crippen molar-refractivity contribution in [2.45, 2.75) is 24.8 Å². The molecule has 1 aromatic heterocycles. The molecular weight excluding hydrogens is 312 g/mol. The lowest BCUT2D eigenvalue weighted by molar-refractivity contribution is 0.0696. The van der Waals surface area contributed by atoms with Crippen molar-refractivity contribution in [3.63, 3.8) is 0 Å². The molecule has 2 rings (SSSR count). The Hall–Kier alpha value is -1.77. The zero-order valence-electron chi connectivity index (χ0n) is 11.2. The van der Waals surface area contributed by atoms with Crippen molar-refractivity contribution in [1.82, 2.24) is 9.71 Å². The molecule has 0 unspecified atom stereocenters. The van der Waals surface area contributed by atoms with Gasteiger partial charge in [-0.25, -0.2) is 22.9 Å². The van der Waals surface area contributed by atoms with Gasteiger partial charge in [-0.1, -0.05) is 6.92 Å². The second-order valence-corrected chi connectivity index (χ2v) is 7.19. The van der Waals surface area contributed by atoms with Gasteiger partial charge in [0.1, 0.15) is 5.01 Å². The second-order valence-electron chi connectivity index (χ2n) is 4.23. The van der Waals surface area contributed by atoms with Crippen molar-refractivity contribution < 1.29 is 18.3 Å². The number of carboxylic acids is 1. The molecule has 8 heteroatoms. The molecule has 2 N–H and O–H groups in total. The summed E-state index contributed by atoms with van der Waals surface area (Å²) in [4.78, 5) is 16.0. The standard InChI is InChI=1S/C13H14N2O4S2/c1-2-10-7-14-12(20-10)8-15-21(18,19)11-5-3-9(4-6-11)13(16)17/h3-7,15H,2,8H2,1H3,(H,16,17). The van der Waals surface area contributed by atoms with Gasteiger partial charge in [0.05, 0.1) is 17.0 Å². The van der Waals surface area contributed by atoms with Gasteiger partial charge in [-0.2, -0.15) is 0 Å². The summed E-state index contributed by atoms with van der Waals surface area (Å²) in [5, 5.41) is 9.48. The Balaban J connectivity index is 2.09. The van der Waals surface area contributed by atoms with E-state index in [2.05, 4.69) is 9.71 Å². The maximum atomic E-state index is 12.1. The van der Waals surface area contributed by atoms with Gasteiger partial charge in [0, 0.05) is 11.1 Å². The lowest BCUT2D eigenvalue weighted by Crippen LogP contribution is -2.23. The van der Waals surface area contributed by atoms with Gasteiger partial charge in [0.15, 0.2) is 0 Å². The van der Waals surface area contributed by atoms with Gasteiger partial charge in [0.2, 0.25) is 10.0 Å². The summed E-state index contributed by atoms with van der Waals surface area (Å²) in [7, 11) is -3.67. The SMILES string of the molecule is CCc1cnc(CNS(=O)(=O)c2ccc(C(=O)O)cc2)s1. The highest BCUT2D eigenvalue weighted by atomic mass is 32.2. The third-order valence-corrected chi connectivity index (χ3v) is 5.33. The van der Waals surface area contributed by atoms with Gasteiger partial charge in [0.25, 0.3) is 0 Å². The molecule has 0 atom stereocenters. The molecule has 21 heavy (non-hydrogen) atoms. The first-order chi connectivity index (χ1) is 9.92. The highest BCUT2D eigenvalue weighted by Crippen LogP contribution is 2.15. The van der Waals surface area contributed by atoms with Gasteiger partial charge in [-0.15, -0.1) is 11.3 Å². The number of carboxylic acid groups (broad SMARTS) is 1. The highest BCUT2D eigenvalue weighted by molar-refractivity contribution is 7.89. The number of hydrogen-bond donors (Lipinski definition) is 2. The number of nitrogens with zero attached hydrogens (tertiary/aromatic N) is 1. The minimum absolute atomic E-state index is 0.0276. The van der Waals surface area contributed by atoms with E-state index < -0.39 is 16.0 Å². The van der Waals surface area contributed by atoms with E-state index in [1.807, 2.05) is 6.92 Å². The van der Waals surface area contributed by atoms with Crippen LogP contribution in [-0.2, 0) is 23.0 Å². The Kier molecular flexibility index (Phi) is 4.71. The van der Waals surface area contributed by atoms with E-state index in [9.17, 15) is 13.2 Å². The molecule has 0 spiro atoms. The van der Waals surface area contributed by atoms with Crippen molar-refractivity contribution in [3.8, 4) is 0 Å². The van der Waals surface area contributed by atoms with E-state index in [1.54, 1.807) is 6.20 Å². The first-order valence-electron chi connectivity index (χ1n) is 6.19. The van der Waals surface area contributed by atoms with Crippen LogP contribution >= 0.6 is 11.3 Å². The van der Waals surface area contributed by atoms with E-state index >= 15 is 0 Å². The maximum Gasteiger partial charge on any atom is 0.335 e. The lowest BCUT2D eigenvalue weighted by Gasteiger charge is -2.05. The second kappa shape index (κ2) is 6.33. The zero-order valence-corrected chi connectivity index (χ0v) is 12.9. The first kappa shape index (κ1) is 15.6. The fraction of sp³-hybridized carbons (Fsp3) is 0.231. The number of benzene rings is 1. The average molecular weight is 326 g/mol. The van der Waals surface area contributed by atoms with E-state index in [-0.39, 0.29) is 17.0 Å². The average Bonchev–Trinajstić information content (AvgIpc) is 2.93. The van der Waals surface area contributed by atoms with Crippen LogP contribution in [-0.4, -0.2) is 24.5 Å². The third-order valence-electron chi connectivity index (χ3n) is 2.77. The predicted octanol–water partition coefficient (Wildman–Crippen LogP) is 1.88. The molecule has 0 fully saturated rings. The summed E-state index contributed by atoms with van der Waals surface area (Å²) in [6.07, 6.45) is 2.59. The number of rotatable bonds is 6. The van der Waals surface area contributed by atoms with E-state index in [0.29, 0.717) is 5.01 Å². The molecule has 0 aliphatic heterocycles. The monoisotopic (exact) mass is 326 g/mol. The van der Waals surface area contributed by atoms with Crippen molar-refractivity contribution in [1.29, 1.82) is 0 Å². The van der Waals surface area contributed by atoms with Crippen LogP contribution in [0, 0.1) is 0 Å². The van der Waals surface area contributed by atoms with Gasteiger partial charge >= 0.3 is 5.97 Å². The molecule has 1 heterocycles. The topological polar surface area (TPSA) is 96.4 Å². The largest absolute Gasteiger partial charge is 0.478 e. The van der Waals surface area contributed by atoms with Crippen LogP contribution in [0.15, 0.2) is 35.4 Å². The number of aryl methyl sites for hydroxylation is 1. The first-order valence-corrected chi connectivity index (χ1v) is 8.49. The fourth-order valence-electron chi connectivity index (χ4n) is 1.61. The molecule has 112 valence electrons. The van der Waals surface area contributed by atoms with E-state index in [0.717, 1.165) is 11.3 Å². The molecule has 0 amide bonds. The van der Waals surface area contributed by atoms with Crippen LogP contribution in [0.1, 0.15) is 27.2 Å². The van der Waals surface area contributed by atoms with Crippen molar-refractivity contribution in [3.05, 3.63) is 45.9 Å². The van der Waals surface area contributed by atoms with Gasteiger partial charge < -0.3 is 5.11 Å². The van der Waals surface area contributed by atoms with Crippen LogP contribution in [0.3, 0.4) is 0 Å². The van der Waals surface area contributed by atoms with Crippen LogP contribution in [0.25, 0.3) is 0 Å². The summed E-state index contributed by atoms with van der Waals surface area (Å²) in [6, 6.07) is 5.06. The number of thiazole rings is 1. The molecule has 0 aliphatic rings. The Morgan fingerprint density at radius 3 is 2.52 bits per heavy atom. The summed E-state index contributed by atoms with van der Waals surface area (Å²) in [5.74, 6) is -1.10. The normalized spacial score (nSPS) is 11.5. The maximum absolute atomic E-state index is 12.1. The number of sulfonamides is 1. The number of aromatic nitrogens is 1. The molecule has 0 bridgehead atoms. The van der Waals surface area contributed by atoms with Crippen LogP contribution in [0.2, 0.25) is 0 Å². The molecule has 2 aromatic rings. The summed E-state index contributed by atoms with van der Waals surface area (Å²) in [6.45, 7) is 2.12. The zero-order chi connectivity index (χ0) is 15.5. The molecule has 0 saturated carbocycles. The summed E-state index contributed by atoms with van der Waals surface area (Å²) < 4.78 is 26.6. The molecule has 1 aromatic carbocycles. The third kappa shape index (κ3) is 3.87. The van der Waals surface area contributed by atoms with E-state index in [1.165, 1.54) is 35.6 Å². The number of carbonyl (C=O) groups is 1. The number of aromatic carboxylic acids is 1. The number of hydrogen-bond acceptors (Lipinski definition) is 5. The molecule has 6 nitrogen and oxygen atoms in total. The smallest absolute Gasteiger partial charge is 0.335 e. The Labute approximate surface area is 126 Å². The molecule has 0 saturated heterocycles. The van der Waals surface area contributed by atoms with Crippen LogP contribution in [0.5, 0.6) is 0 Å². The lowest BCUT2D eigenvalue weighted by atomic mass is 10.2. The van der Waals surface area contributed by atoms with E-state index in [4.69, 9.17) is 5.11 Å². The quantitative estimate of drug-likeness (QED) is 0.845. The molecular formula is C13H14N2O4S2. The number of nitrogens with one attached hydrogen (secondary N) is 1. The van der Waals surface area contributed by atoms with Crippen molar-refractivity contribution in [2.75, 3.05) is 0 Å². The molecule has 0 aliphatic carbocycles. The van der Waals surface area contributed by atoms with Crippen molar-refractivity contribution >= 4 is 27.3 Å². The summed E-state index contributed by atoms with van der Waals surface area (Å²) in [5.41, 5.74) is 0.0430. The Morgan fingerprint density at radius 1 is 1.33 bits per heavy atom. The predicted molar refractivity (Wildman–Crippen MR) is 78.9 cm³/mol. The Morgan fingerprint density at radius 2 is 2.00 bits per heavy atom. The highest BCUT2D eigenvalue weighted by Gasteiger charge is 2.15. The minimum Gasteiger partial charge on any atom is -0.478 e. The Bertz CT molecular complexity index is 736. The summed E-state index contributed by atoms with van der Waals surface area (Å²) >= 11 is 1.46. The fourth-order valence-corrected chi connectivity index (χ4v) is 3.49. The van der Waals surface area contributed by atoms with Crippen molar-refractivity contribution in [2.24, 2.45) is 0 Å². The van der Waals surface area contributed by atoms with Crippen LogP contribution in [0.4, 0.5) is 0 Å². The minimum atomic E-state index is -3.67. The van der Waals surface area contributed by atoms with Crippen LogP contribution < -0.4 is 4.72 Å². The molecule has 0 radical (unpaired) electrons.